The summed E-state index contributed by atoms with van der Waals surface area (Å²) in [5.74, 6) is 2.49. The normalized spacial score (nSPS) is 13.5. The Kier molecular flexibility index (Phi) is 5.31. The van der Waals surface area contributed by atoms with Gasteiger partial charge in [-0.15, -0.1) is 0 Å². The average molecular weight is 355 g/mol. The molecule has 1 unspecified atom stereocenters. The lowest BCUT2D eigenvalue weighted by molar-refractivity contribution is -0.117. The van der Waals surface area contributed by atoms with Crippen LogP contribution in [0.25, 0.3) is 6.08 Å². The molecule has 1 aliphatic heterocycles. The zero-order valence-electron chi connectivity index (χ0n) is 14.9. The predicted octanol–water partition coefficient (Wildman–Crippen LogP) is 3.32. The van der Waals surface area contributed by atoms with Crippen molar-refractivity contribution in [2.45, 2.75) is 13.0 Å². The number of fused-ring (bicyclic) bond motifs is 1. The summed E-state index contributed by atoms with van der Waals surface area (Å²) in [6, 6.07) is 10.9. The molecule has 26 heavy (non-hydrogen) atoms. The van der Waals surface area contributed by atoms with Gasteiger partial charge in [-0.1, -0.05) is 12.1 Å². The third-order valence-corrected chi connectivity index (χ3v) is 4.09. The molecule has 6 heteroatoms. The molecule has 0 bridgehead atoms. The maximum atomic E-state index is 12.2. The van der Waals surface area contributed by atoms with Crippen LogP contribution < -0.4 is 24.3 Å². The van der Waals surface area contributed by atoms with Crippen LogP contribution >= 0.6 is 0 Å². The van der Waals surface area contributed by atoms with E-state index in [1.54, 1.807) is 26.4 Å². The molecule has 136 valence electrons. The predicted molar refractivity (Wildman–Crippen MR) is 97.7 cm³/mol. The quantitative estimate of drug-likeness (QED) is 0.805. The topological polar surface area (TPSA) is 66.0 Å². The minimum absolute atomic E-state index is 0.160. The van der Waals surface area contributed by atoms with Crippen LogP contribution in [-0.2, 0) is 4.79 Å². The Labute approximate surface area is 152 Å². The zero-order valence-corrected chi connectivity index (χ0v) is 14.9. The van der Waals surface area contributed by atoms with Gasteiger partial charge >= 0.3 is 0 Å². The van der Waals surface area contributed by atoms with Crippen molar-refractivity contribution in [2.75, 3.05) is 21.0 Å². The molecule has 0 fully saturated rings. The maximum absolute atomic E-state index is 12.2. The molecule has 1 aliphatic rings. The number of carbonyl (C=O) groups is 1. The minimum Gasteiger partial charge on any atom is -0.493 e. The highest BCUT2D eigenvalue weighted by atomic mass is 16.7. The molecule has 1 atom stereocenters. The molecule has 1 heterocycles. The van der Waals surface area contributed by atoms with Crippen molar-refractivity contribution in [3.8, 4) is 23.0 Å². The number of benzene rings is 2. The van der Waals surface area contributed by atoms with E-state index in [1.165, 1.54) is 6.08 Å². The number of hydrogen-bond acceptors (Lipinski definition) is 5. The number of ether oxygens (including phenoxy) is 4. The Hall–Kier alpha value is -3.15. The second-order valence-electron chi connectivity index (χ2n) is 5.79. The second-order valence-corrected chi connectivity index (χ2v) is 5.79. The van der Waals surface area contributed by atoms with E-state index in [1.807, 2.05) is 37.3 Å². The lowest BCUT2D eigenvalue weighted by atomic mass is 10.1. The fourth-order valence-electron chi connectivity index (χ4n) is 2.66. The van der Waals surface area contributed by atoms with Crippen LogP contribution in [0.4, 0.5) is 0 Å². The van der Waals surface area contributed by atoms with Crippen molar-refractivity contribution < 1.29 is 23.7 Å². The molecule has 6 nitrogen and oxygen atoms in total. The van der Waals surface area contributed by atoms with E-state index in [0.717, 1.165) is 16.9 Å². The summed E-state index contributed by atoms with van der Waals surface area (Å²) in [5, 5.41) is 2.93. The number of rotatable bonds is 6. The Morgan fingerprint density at radius 1 is 1.08 bits per heavy atom. The van der Waals surface area contributed by atoms with Crippen LogP contribution in [0.5, 0.6) is 23.0 Å². The summed E-state index contributed by atoms with van der Waals surface area (Å²) in [5.41, 5.74) is 1.79. The fraction of sp³-hybridized carbons (Fsp3) is 0.250. The van der Waals surface area contributed by atoms with Crippen molar-refractivity contribution in [2.24, 2.45) is 0 Å². The highest BCUT2D eigenvalue weighted by molar-refractivity contribution is 5.92. The molecule has 0 spiro atoms. The zero-order chi connectivity index (χ0) is 18.5. The van der Waals surface area contributed by atoms with Gasteiger partial charge in [-0.05, 0) is 48.4 Å². The van der Waals surface area contributed by atoms with Crippen molar-refractivity contribution in [3.63, 3.8) is 0 Å². The van der Waals surface area contributed by atoms with E-state index in [2.05, 4.69) is 5.32 Å². The largest absolute Gasteiger partial charge is 0.493 e. The summed E-state index contributed by atoms with van der Waals surface area (Å²) >= 11 is 0. The van der Waals surface area contributed by atoms with Gasteiger partial charge in [-0.2, -0.15) is 0 Å². The molecular weight excluding hydrogens is 334 g/mol. The van der Waals surface area contributed by atoms with Crippen molar-refractivity contribution >= 4 is 12.0 Å². The van der Waals surface area contributed by atoms with Gasteiger partial charge in [0.2, 0.25) is 12.7 Å². The monoisotopic (exact) mass is 355 g/mol. The van der Waals surface area contributed by atoms with E-state index >= 15 is 0 Å². The molecule has 2 aromatic carbocycles. The SMILES string of the molecule is COc1ccc(/C=C/C(=O)NC(C)c2ccc3c(c2)OCO3)cc1OC. The highest BCUT2D eigenvalue weighted by Crippen LogP contribution is 2.34. The minimum atomic E-state index is -0.190. The van der Waals surface area contributed by atoms with Crippen molar-refractivity contribution in [1.82, 2.24) is 5.32 Å². The van der Waals surface area contributed by atoms with Crippen LogP contribution in [0.1, 0.15) is 24.1 Å². The Balaban J connectivity index is 1.64. The first-order valence-electron chi connectivity index (χ1n) is 8.21. The smallest absolute Gasteiger partial charge is 0.244 e. The highest BCUT2D eigenvalue weighted by Gasteiger charge is 2.16. The summed E-state index contributed by atoms with van der Waals surface area (Å²) < 4.78 is 21.1. The van der Waals surface area contributed by atoms with Crippen LogP contribution in [0.2, 0.25) is 0 Å². The molecule has 0 aliphatic carbocycles. The number of methoxy groups -OCH3 is 2. The molecular formula is C20H21NO5. The third kappa shape index (κ3) is 3.91. The molecule has 1 N–H and O–H groups in total. The number of amides is 1. The van der Waals surface area contributed by atoms with E-state index in [4.69, 9.17) is 18.9 Å². The van der Waals surface area contributed by atoms with E-state index < -0.39 is 0 Å². The Bertz CT molecular complexity index is 831. The molecule has 0 radical (unpaired) electrons. The van der Waals surface area contributed by atoms with Gasteiger partial charge in [-0.3, -0.25) is 4.79 Å². The number of carbonyl (C=O) groups excluding carboxylic acids is 1. The van der Waals surface area contributed by atoms with Gasteiger partial charge in [0.15, 0.2) is 23.0 Å². The van der Waals surface area contributed by atoms with Crippen LogP contribution in [0.3, 0.4) is 0 Å². The van der Waals surface area contributed by atoms with Crippen LogP contribution in [-0.4, -0.2) is 26.9 Å². The van der Waals surface area contributed by atoms with Gasteiger partial charge in [0.05, 0.1) is 20.3 Å². The standard InChI is InChI=1S/C20H21NO5/c1-13(15-6-8-17-19(11-15)26-12-25-17)21-20(22)9-5-14-4-7-16(23-2)18(10-14)24-3/h4-11,13H,12H2,1-3H3,(H,21,22)/b9-5+. The summed E-state index contributed by atoms with van der Waals surface area (Å²) in [6.45, 7) is 2.15. The molecule has 0 aromatic heterocycles. The Morgan fingerprint density at radius 3 is 2.62 bits per heavy atom. The van der Waals surface area contributed by atoms with E-state index in [-0.39, 0.29) is 18.7 Å². The first-order valence-corrected chi connectivity index (χ1v) is 8.21. The Morgan fingerprint density at radius 2 is 1.85 bits per heavy atom. The summed E-state index contributed by atoms with van der Waals surface area (Å²) in [6.07, 6.45) is 3.22. The van der Waals surface area contributed by atoms with Crippen molar-refractivity contribution in [1.29, 1.82) is 0 Å². The van der Waals surface area contributed by atoms with Gasteiger partial charge < -0.3 is 24.3 Å². The lowest BCUT2D eigenvalue weighted by Gasteiger charge is -2.13. The van der Waals surface area contributed by atoms with E-state index in [0.29, 0.717) is 17.2 Å². The summed E-state index contributed by atoms with van der Waals surface area (Å²) in [7, 11) is 3.16. The van der Waals surface area contributed by atoms with Crippen LogP contribution in [0, 0.1) is 0 Å². The summed E-state index contributed by atoms with van der Waals surface area (Å²) in [4.78, 5) is 12.2. The molecule has 3 rings (SSSR count). The molecule has 0 saturated carbocycles. The molecule has 0 saturated heterocycles. The van der Waals surface area contributed by atoms with Gasteiger partial charge in [0, 0.05) is 6.08 Å². The maximum Gasteiger partial charge on any atom is 0.244 e. The fourth-order valence-corrected chi connectivity index (χ4v) is 2.66. The first kappa shape index (κ1) is 17.7. The molecule has 2 aromatic rings. The van der Waals surface area contributed by atoms with Crippen LogP contribution in [0.15, 0.2) is 42.5 Å². The van der Waals surface area contributed by atoms with Gasteiger partial charge in [0.25, 0.3) is 0 Å². The number of hydrogen-bond donors (Lipinski definition) is 1. The van der Waals surface area contributed by atoms with Crippen molar-refractivity contribution in [3.05, 3.63) is 53.6 Å². The van der Waals surface area contributed by atoms with Gasteiger partial charge in [-0.25, -0.2) is 0 Å². The second kappa shape index (κ2) is 7.82. The average Bonchev–Trinajstić information content (AvgIpc) is 3.13. The van der Waals surface area contributed by atoms with Gasteiger partial charge in [0.1, 0.15) is 0 Å². The van der Waals surface area contributed by atoms with E-state index in [9.17, 15) is 4.79 Å². The molecule has 1 amide bonds. The third-order valence-electron chi connectivity index (χ3n) is 4.09. The number of nitrogens with one attached hydrogen (secondary N) is 1. The lowest BCUT2D eigenvalue weighted by Crippen LogP contribution is -2.24. The first-order chi connectivity index (χ1) is 12.6.